The molecule has 2 aromatic rings. The molecule has 0 saturated carbocycles. The van der Waals surface area contributed by atoms with Crippen LogP contribution in [-0.2, 0) is 6.42 Å². The highest BCUT2D eigenvalue weighted by molar-refractivity contribution is 5.95. The second-order valence-electron chi connectivity index (χ2n) is 5.00. The highest BCUT2D eigenvalue weighted by atomic mass is 16.2. The zero-order valence-corrected chi connectivity index (χ0v) is 12.3. The van der Waals surface area contributed by atoms with Crippen molar-refractivity contribution in [2.75, 3.05) is 31.7 Å². The maximum Gasteiger partial charge on any atom is 0.253 e. The number of anilines is 2. The molecule has 21 heavy (non-hydrogen) atoms. The minimum atomic E-state index is -0.0391. The molecule has 0 aliphatic heterocycles. The highest BCUT2D eigenvalue weighted by Crippen LogP contribution is 2.20. The van der Waals surface area contributed by atoms with E-state index in [0.717, 1.165) is 17.8 Å². The van der Waals surface area contributed by atoms with E-state index in [2.05, 4.69) is 10.3 Å². The number of aromatic nitrogens is 1. The summed E-state index contributed by atoms with van der Waals surface area (Å²) in [5.74, 6) is -0.0391. The van der Waals surface area contributed by atoms with Gasteiger partial charge >= 0.3 is 0 Å². The molecule has 3 N–H and O–H groups in total. The number of hydrogen-bond donors (Lipinski definition) is 2. The summed E-state index contributed by atoms with van der Waals surface area (Å²) in [4.78, 5) is 17.8. The fourth-order valence-electron chi connectivity index (χ4n) is 1.97. The van der Waals surface area contributed by atoms with Crippen LogP contribution < -0.4 is 11.1 Å². The number of benzene rings is 1. The number of pyridine rings is 1. The summed E-state index contributed by atoms with van der Waals surface area (Å²) >= 11 is 0. The Morgan fingerprint density at radius 3 is 2.76 bits per heavy atom. The second-order valence-corrected chi connectivity index (χ2v) is 5.00. The van der Waals surface area contributed by atoms with Gasteiger partial charge in [0.2, 0.25) is 0 Å². The Morgan fingerprint density at radius 1 is 1.29 bits per heavy atom. The highest BCUT2D eigenvalue weighted by Gasteiger charge is 2.10. The number of nitrogen functional groups attached to an aromatic ring is 1. The maximum absolute atomic E-state index is 12.0. The lowest BCUT2D eigenvalue weighted by atomic mass is 10.1. The van der Waals surface area contributed by atoms with E-state index in [1.54, 1.807) is 43.4 Å². The predicted octanol–water partition coefficient (Wildman–Crippen LogP) is 2.02. The van der Waals surface area contributed by atoms with Crippen LogP contribution >= 0.6 is 0 Å². The van der Waals surface area contributed by atoms with Crippen molar-refractivity contribution < 1.29 is 4.79 Å². The number of amides is 1. The fourth-order valence-corrected chi connectivity index (χ4v) is 1.97. The van der Waals surface area contributed by atoms with Crippen molar-refractivity contribution in [1.82, 2.24) is 9.88 Å². The van der Waals surface area contributed by atoms with Crippen LogP contribution in [0, 0.1) is 0 Å². The van der Waals surface area contributed by atoms with Crippen LogP contribution in [0.3, 0.4) is 0 Å². The van der Waals surface area contributed by atoms with Crippen LogP contribution in [0.5, 0.6) is 0 Å². The third kappa shape index (κ3) is 3.95. The third-order valence-corrected chi connectivity index (χ3v) is 3.13. The van der Waals surface area contributed by atoms with E-state index in [0.29, 0.717) is 17.8 Å². The van der Waals surface area contributed by atoms with Gasteiger partial charge in [-0.05, 0) is 30.3 Å². The number of nitrogens with zero attached hydrogens (tertiary/aromatic N) is 2. The van der Waals surface area contributed by atoms with Crippen LogP contribution in [0.2, 0.25) is 0 Å². The van der Waals surface area contributed by atoms with Gasteiger partial charge in [-0.25, -0.2) is 0 Å². The topological polar surface area (TPSA) is 71.2 Å². The first-order chi connectivity index (χ1) is 10.1. The van der Waals surface area contributed by atoms with Crippen LogP contribution in [-0.4, -0.2) is 36.4 Å². The van der Waals surface area contributed by atoms with Crippen LogP contribution in [0.4, 0.5) is 11.4 Å². The molecule has 0 fully saturated rings. The monoisotopic (exact) mass is 284 g/mol. The number of nitrogens with one attached hydrogen (secondary N) is 1. The number of carbonyl (C=O) groups excluding carboxylic acids is 1. The first kappa shape index (κ1) is 14.8. The Morgan fingerprint density at radius 2 is 2.10 bits per heavy atom. The summed E-state index contributed by atoms with van der Waals surface area (Å²) in [6, 6.07) is 11.1. The molecule has 0 atom stereocenters. The summed E-state index contributed by atoms with van der Waals surface area (Å²) in [5, 5.41) is 3.26. The molecular weight excluding hydrogens is 264 g/mol. The molecular formula is C16H20N4O. The average Bonchev–Trinajstić information content (AvgIpc) is 2.49. The van der Waals surface area contributed by atoms with Gasteiger partial charge in [0, 0.05) is 44.5 Å². The van der Waals surface area contributed by atoms with Crippen molar-refractivity contribution in [3.05, 3.63) is 53.9 Å². The van der Waals surface area contributed by atoms with Gasteiger partial charge in [-0.15, -0.1) is 0 Å². The van der Waals surface area contributed by atoms with Gasteiger partial charge < -0.3 is 16.0 Å². The number of rotatable bonds is 5. The van der Waals surface area contributed by atoms with Crippen molar-refractivity contribution in [1.29, 1.82) is 0 Å². The molecule has 1 heterocycles. The Bertz CT molecular complexity index is 611. The van der Waals surface area contributed by atoms with Crippen molar-refractivity contribution in [2.24, 2.45) is 0 Å². The lowest BCUT2D eigenvalue weighted by Crippen LogP contribution is -2.22. The zero-order chi connectivity index (χ0) is 15.2. The molecule has 5 nitrogen and oxygen atoms in total. The summed E-state index contributed by atoms with van der Waals surface area (Å²) in [5.41, 5.74) is 8.99. The van der Waals surface area contributed by atoms with E-state index in [1.165, 1.54) is 0 Å². The zero-order valence-electron chi connectivity index (χ0n) is 12.3. The predicted molar refractivity (Wildman–Crippen MR) is 85.3 cm³/mol. The standard InChI is InChI=1S/C16H20N4O/c1-20(2)16(21)12-6-7-14(17)15(11-12)19-10-8-13-5-3-4-9-18-13/h3-7,9,11,19H,8,10,17H2,1-2H3. The quantitative estimate of drug-likeness (QED) is 0.824. The lowest BCUT2D eigenvalue weighted by molar-refractivity contribution is 0.0827. The van der Waals surface area contributed by atoms with Crippen molar-refractivity contribution in [3.8, 4) is 0 Å². The molecule has 0 radical (unpaired) electrons. The Hall–Kier alpha value is -2.56. The van der Waals surface area contributed by atoms with Gasteiger partial charge in [0.15, 0.2) is 0 Å². The molecule has 1 aromatic heterocycles. The molecule has 0 aliphatic rings. The van der Waals surface area contributed by atoms with Crippen molar-refractivity contribution >= 4 is 17.3 Å². The van der Waals surface area contributed by atoms with Crippen LogP contribution in [0.25, 0.3) is 0 Å². The second kappa shape index (κ2) is 6.74. The Labute approximate surface area is 124 Å². The van der Waals surface area contributed by atoms with Gasteiger partial charge in [-0.3, -0.25) is 9.78 Å². The summed E-state index contributed by atoms with van der Waals surface area (Å²) in [6.07, 6.45) is 2.58. The van der Waals surface area contributed by atoms with E-state index in [1.807, 2.05) is 18.2 Å². The van der Waals surface area contributed by atoms with Crippen LogP contribution in [0.15, 0.2) is 42.6 Å². The summed E-state index contributed by atoms with van der Waals surface area (Å²) in [7, 11) is 3.46. The number of nitrogens with two attached hydrogens (primary N) is 1. The third-order valence-electron chi connectivity index (χ3n) is 3.13. The van der Waals surface area contributed by atoms with E-state index >= 15 is 0 Å². The van der Waals surface area contributed by atoms with Gasteiger partial charge in [0.05, 0.1) is 11.4 Å². The smallest absolute Gasteiger partial charge is 0.253 e. The average molecular weight is 284 g/mol. The summed E-state index contributed by atoms with van der Waals surface area (Å²) in [6.45, 7) is 0.709. The van der Waals surface area contributed by atoms with E-state index < -0.39 is 0 Å². The Balaban J connectivity index is 2.02. The minimum absolute atomic E-state index is 0.0391. The van der Waals surface area contributed by atoms with Crippen molar-refractivity contribution in [2.45, 2.75) is 6.42 Å². The van der Waals surface area contributed by atoms with Gasteiger partial charge in [0.25, 0.3) is 5.91 Å². The molecule has 5 heteroatoms. The normalized spacial score (nSPS) is 10.2. The van der Waals surface area contributed by atoms with Crippen molar-refractivity contribution in [3.63, 3.8) is 0 Å². The van der Waals surface area contributed by atoms with E-state index in [-0.39, 0.29) is 5.91 Å². The molecule has 1 amide bonds. The largest absolute Gasteiger partial charge is 0.397 e. The lowest BCUT2D eigenvalue weighted by Gasteiger charge is -2.14. The van der Waals surface area contributed by atoms with Gasteiger partial charge in [0.1, 0.15) is 0 Å². The summed E-state index contributed by atoms with van der Waals surface area (Å²) < 4.78 is 0. The molecule has 2 rings (SSSR count). The van der Waals surface area contributed by atoms with Gasteiger partial charge in [-0.1, -0.05) is 6.07 Å². The minimum Gasteiger partial charge on any atom is -0.397 e. The molecule has 0 spiro atoms. The van der Waals surface area contributed by atoms with E-state index in [4.69, 9.17) is 5.73 Å². The van der Waals surface area contributed by atoms with Crippen LogP contribution in [0.1, 0.15) is 16.1 Å². The SMILES string of the molecule is CN(C)C(=O)c1ccc(N)c(NCCc2ccccn2)c1. The molecule has 110 valence electrons. The number of hydrogen-bond acceptors (Lipinski definition) is 4. The Kier molecular flexibility index (Phi) is 4.77. The first-order valence-electron chi connectivity index (χ1n) is 6.83. The fraction of sp³-hybridized carbons (Fsp3) is 0.250. The maximum atomic E-state index is 12.0. The molecule has 1 aromatic carbocycles. The van der Waals surface area contributed by atoms with Gasteiger partial charge in [-0.2, -0.15) is 0 Å². The number of carbonyl (C=O) groups is 1. The molecule has 0 saturated heterocycles. The first-order valence-corrected chi connectivity index (χ1v) is 6.83. The molecule has 0 aliphatic carbocycles. The van der Waals surface area contributed by atoms with E-state index in [9.17, 15) is 4.79 Å². The molecule has 0 bridgehead atoms. The molecule has 0 unspecified atom stereocenters.